The molecule has 0 saturated heterocycles. The molecule has 0 atom stereocenters. The van der Waals surface area contributed by atoms with Gasteiger partial charge < -0.3 is 4.74 Å². The van der Waals surface area contributed by atoms with Gasteiger partial charge in [0.05, 0.1) is 6.61 Å². The quantitative estimate of drug-likeness (QED) is 0.870. The summed E-state index contributed by atoms with van der Waals surface area (Å²) in [6.45, 7) is 8.47. The maximum Gasteiger partial charge on any atom is 0.263 e. The molecule has 1 aromatic heterocycles. The Bertz CT molecular complexity index is 730. The van der Waals surface area contributed by atoms with Crippen molar-refractivity contribution in [1.29, 1.82) is 0 Å². The minimum atomic E-state index is -0.0915. The second-order valence-corrected chi connectivity index (χ2v) is 5.37. The van der Waals surface area contributed by atoms with Gasteiger partial charge in [-0.3, -0.25) is 14.4 Å². The molecule has 22 heavy (non-hydrogen) atoms. The van der Waals surface area contributed by atoms with Gasteiger partial charge in [-0.1, -0.05) is 6.07 Å². The highest BCUT2D eigenvalue weighted by molar-refractivity contribution is 5.96. The van der Waals surface area contributed by atoms with Crippen LogP contribution in [0.15, 0.2) is 47.6 Å². The Kier molecular flexibility index (Phi) is 5.15. The Morgan fingerprint density at radius 2 is 2.05 bits per heavy atom. The molecule has 2 aromatic rings. The first-order valence-corrected chi connectivity index (χ1v) is 7.52. The normalized spacial score (nSPS) is 11.8. The summed E-state index contributed by atoms with van der Waals surface area (Å²) >= 11 is 0. The van der Waals surface area contributed by atoms with Gasteiger partial charge in [0.15, 0.2) is 0 Å². The summed E-state index contributed by atoms with van der Waals surface area (Å²) in [5, 5.41) is 0. The van der Waals surface area contributed by atoms with Crippen LogP contribution in [-0.2, 0) is 0 Å². The van der Waals surface area contributed by atoms with Gasteiger partial charge in [0, 0.05) is 17.8 Å². The molecule has 2 rings (SSSR count). The van der Waals surface area contributed by atoms with Gasteiger partial charge in [0.2, 0.25) is 0 Å². The second-order valence-electron chi connectivity index (χ2n) is 5.37. The summed E-state index contributed by atoms with van der Waals surface area (Å²) in [5.74, 6) is 0.718. The molecule has 0 radical (unpaired) electrons. The zero-order valence-electron chi connectivity index (χ0n) is 13.5. The van der Waals surface area contributed by atoms with Crippen LogP contribution in [0.1, 0.15) is 36.7 Å². The van der Waals surface area contributed by atoms with E-state index in [1.54, 1.807) is 16.8 Å². The molecule has 4 nitrogen and oxygen atoms in total. The lowest BCUT2D eigenvalue weighted by molar-refractivity contribution is 0.0954. The maximum atomic E-state index is 12.7. The number of carbonyl (C=O) groups excluding carboxylic acids is 1. The van der Waals surface area contributed by atoms with Gasteiger partial charge in [0.1, 0.15) is 11.2 Å². The summed E-state index contributed by atoms with van der Waals surface area (Å²) in [7, 11) is 0. The van der Waals surface area contributed by atoms with E-state index < -0.39 is 0 Å². The topological polar surface area (TPSA) is 43.6 Å². The van der Waals surface area contributed by atoms with Crippen molar-refractivity contribution in [2.75, 3.05) is 6.61 Å². The molecule has 0 spiro atoms. The van der Waals surface area contributed by atoms with Gasteiger partial charge in [-0.05, 0) is 63.6 Å². The minimum absolute atomic E-state index is 0.0915. The zero-order chi connectivity index (χ0) is 16.1. The Hall–Kier alpha value is -2.36. The number of aromatic nitrogens is 1. The largest absolute Gasteiger partial charge is 0.494 e. The average molecular weight is 298 g/mol. The molecule has 0 amide bonds. The first kappa shape index (κ1) is 16.0. The van der Waals surface area contributed by atoms with Gasteiger partial charge in [0.25, 0.3) is 5.91 Å². The van der Waals surface area contributed by atoms with Gasteiger partial charge in [-0.25, -0.2) is 0 Å². The Morgan fingerprint density at radius 1 is 1.27 bits per heavy atom. The van der Waals surface area contributed by atoms with Crippen molar-refractivity contribution in [2.45, 2.75) is 33.7 Å². The number of hydrogen-bond acceptors (Lipinski definition) is 3. The number of rotatable bonds is 4. The molecular weight excluding hydrogens is 276 g/mol. The van der Waals surface area contributed by atoms with E-state index in [0.717, 1.165) is 11.3 Å². The van der Waals surface area contributed by atoms with Crippen LogP contribution in [0.4, 0.5) is 0 Å². The monoisotopic (exact) mass is 298 g/mol. The van der Waals surface area contributed by atoms with Crippen LogP contribution in [0.25, 0.3) is 0 Å². The number of ether oxygens (including phenoxy) is 1. The predicted octanol–water partition coefficient (Wildman–Crippen LogP) is 3.19. The Labute approximate surface area is 131 Å². The number of benzene rings is 1. The Balaban J connectivity index is 2.43. The highest BCUT2D eigenvalue weighted by atomic mass is 16.5. The molecule has 0 bridgehead atoms. The molecule has 0 N–H and O–H groups in total. The summed E-state index contributed by atoms with van der Waals surface area (Å²) in [4.78, 5) is 17.2. The lowest BCUT2D eigenvalue weighted by atomic mass is 10.1. The molecule has 0 fully saturated rings. The molecule has 0 aliphatic rings. The van der Waals surface area contributed by atoms with Crippen molar-refractivity contribution in [3.8, 4) is 5.75 Å². The SMILES string of the molecule is CCOc1ccc(C(=O)n2ccccc2=NC(C)C)cc1C. The molecule has 0 saturated carbocycles. The number of aryl methyl sites for hydroxylation is 1. The fourth-order valence-corrected chi connectivity index (χ4v) is 2.21. The third-order valence-corrected chi connectivity index (χ3v) is 3.17. The van der Waals surface area contributed by atoms with E-state index in [-0.39, 0.29) is 11.9 Å². The average Bonchev–Trinajstić information content (AvgIpc) is 2.49. The molecule has 1 heterocycles. The zero-order valence-corrected chi connectivity index (χ0v) is 13.5. The van der Waals surface area contributed by atoms with E-state index in [1.807, 2.05) is 58.0 Å². The first-order chi connectivity index (χ1) is 10.5. The van der Waals surface area contributed by atoms with E-state index in [0.29, 0.717) is 17.7 Å². The molecule has 1 aromatic carbocycles. The maximum absolute atomic E-state index is 12.7. The summed E-state index contributed by atoms with van der Waals surface area (Å²) in [6.07, 6.45) is 1.75. The van der Waals surface area contributed by atoms with Crippen LogP contribution in [0.5, 0.6) is 5.75 Å². The van der Waals surface area contributed by atoms with Crippen molar-refractivity contribution in [3.63, 3.8) is 0 Å². The second kappa shape index (κ2) is 7.07. The van der Waals surface area contributed by atoms with Gasteiger partial charge in [-0.15, -0.1) is 0 Å². The Morgan fingerprint density at radius 3 is 2.68 bits per heavy atom. The van der Waals surface area contributed by atoms with E-state index in [2.05, 4.69) is 4.99 Å². The first-order valence-electron chi connectivity index (χ1n) is 7.52. The van der Waals surface area contributed by atoms with Crippen LogP contribution in [0.2, 0.25) is 0 Å². The van der Waals surface area contributed by atoms with Crippen molar-refractivity contribution >= 4 is 5.91 Å². The molecule has 0 aliphatic heterocycles. The van der Waals surface area contributed by atoms with Gasteiger partial charge >= 0.3 is 0 Å². The van der Waals surface area contributed by atoms with E-state index in [1.165, 1.54) is 0 Å². The molecule has 0 aliphatic carbocycles. The van der Waals surface area contributed by atoms with E-state index >= 15 is 0 Å². The fourth-order valence-electron chi connectivity index (χ4n) is 2.21. The summed E-state index contributed by atoms with van der Waals surface area (Å²) in [6, 6.07) is 11.2. The number of hydrogen-bond donors (Lipinski definition) is 0. The fraction of sp³-hybridized carbons (Fsp3) is 0.333. The highest BCUT2D eigenvalue weighted by Crippen LogP contribution is 2.19. The molecular formula is C18H22N2O2. The van der Waals surface area contributed by atoms with Gasteiger partial charge in [-0.2, -0.15) is 0 Å². The number of carbonyl (C=O) groups is 1. The van der Waals surface area contributed by atoms with E-state index in [4.69, 9.17) is 4.74 Å². The molecule has 0 unspecified atom stereocenters. The number of pyridine rings is 1. The van der Waals surface area contributed by atoms with Crippen LogP contribution in [0, 0.1) is 6.92 Å². The smallest absolute Gasteiger partial charge is 0.263 e. The van der Waals surface area contributed by atoms with Crippen LogP contribution >= 0.6 is 0 Å². The van der Waals surface area contributed by atoms with Crippen molar-refractivity contribution in [3.05, 3.63) is 59.2 Å². The predicted molar refractivity (Wildman–Crippen MR) is 87.2 cm³/mol. The third-order valence-electron chi connectivity index (χ3n) is 3.17. The van der Waals surface area contributed by atoms with Crippen LogP contribution in [0.3, 0.4) is 0 Å². The van der Waals surface area contributed by atoms with Crippen molar-refractivity contribution < 1.29 is 9.53 Å². The van der Waals surface area contributed by atoms with E-state index in [9.17, 15) is 4.79 Å². The van der Waals surface area contributed by atoms with Crippen molar-refractivity contribution in [1.82, 2.24) is 4.57 Å². The lowest BCUT2D eigenvalue weighted by Crippen LogP contribution is -2.28. The third kappa shape index (κ3) is 3.64. The number of nitrogens with zero attached hydrogens (tertiary/aromatic N) is 2. The highest BCUT2D eigenvalue weighted by Gasteiger charge is 2.11. The lowest BCUT2D eigenvalue weighted by Gasteiger charge is -2.10. The van der Waals surface area contributed by atoms with Crippen molar-refractivity contribution in [2.24, 2.45) is 4.99 Å². The van der Waals surface area contributed by atoms with Crippen LogP contribution in [-0.4, -0.2) is 23.1 Å². The summed E-state index contributed by atoms with van der Waals surface area (Å²) < 4.78 is 7.10. The summed E-state index contributed by atoms with van der Waals surface area (Å²) in [5.41, 5.74) is 2.23. The molecule has 116 valence electrons. The molecule has 4 heteroatoms. The minimum Gasteiger partial charge on any atom is -0.494 e. The standard InChI is InChI=1S/C18H22N2O2/c1-5-22-16-10-9-15(12-14(16)4)18(21)20-11-7-6-8-17(20)19-13(2)3/h6-13H,5H2,1-4H3. The van der Waals surface area contributed by atoms with Crippen LogP contribution < -0.4 is 10.2 Å².